The number of anilines is 1. The van der Waals surface area contributed by atoms with Gasteiger partial charge in [0, 0.05) is 46.9 Å². The molecule has 2 aromatic rings. The maximum absolute atomic E-state index is 5.87. The zero-order valence-corrected chi connectivity index (χ0v) is 14.8. The summed E-state index contributed by atoms with van der Waals surface area (Å²) in [4.78, 5) is 4.33. The summed E-state index contributed by atoms with van der Waals surface area (Å²) < 4.78 is 2.21. The molecule has 0 amide bonds. The Morgan fingerprint density at radius 3 is 2.70 bits per heavy atom. The largest absolute Gasteiger partial charge is 0.399 e. The lowest BCUT2D eigenvalue weighted by Gasteiger charge is -2.22. The molecule has 1 unspecified atom stereocenters. The molecule has 0 fully saturated rings. The van der Waals surface area contributed by atoms with E-state index in [0.717, 1.165) is 24.6 Å². The molecule has 0 aliphatic rings. The molecule has 0 saturated carbocycles. The van der Waals surface area contributed by atoms with Crippen molar-refractivity contribution < 1.29 is 4.28 Å². The van der Waals surface area contributed by atoms with Gasteiger partial charge in [-0.15, -0.1) is 0 Å². The Morgan fingerprint density at radius 1 is 1.22 bits per heavy atom. The number of hydrogen-bond donors (Lipinski definition) is 2. The van der Waals surface area contributed by atoms with E-state index in [1.807, 2.05) is 30.7 Å². The minimum Gasteiger partial charge on any atom is -0.399 e. The van der Waals surface area contributed by atoms with Crippen LogP contribution < -0.4 is 11.1 Å². The number of rotatable bonds is 8. The van der Waals surface area contributed by atoms with Crippen molar-refractivity contribution in [2.24, 2.45) is 5.92 Å². The lowest BCUT2D eigenvalue weighted by Crippen LogP contribution is -2.37. The summed E-state index contributed by atoms with van der Waals surface area (Å²) in [6.07, 6.45) is 6.05. The van der Waals surface area contributed by atoms with Crippen LogP contribution in [0.3, 0.4) is 0 Å². The van der Waals surface area contributed by atoms with Crippen molar-refractivity contribution in [2.75, 3.05) is 5.73 Å². The van der Waals surface area contributed by atoms with Gasteiger partial charge in [-0.2, -0.15) is 0 Å². The van der Waals surface area contributed by atoms with Gasteiger partial charge in [0.2, 0.25) is 0 Å². The Bertz CT molecular complexity index is 616. The zero-order chi connectivity index (χ0) is 16.8. The fourth-order valence-electron chi connectivity index (χ4n) is 3.18. The first-order valence-electron chi connectivity index (χ1n) is 8.53. The van der Waals surface area contributed by atoms with E-state index in [1.54, 1.807) is 0 Å². The molecule has 2 rings (SSSR count). The molecule has 23 heavy (non-hydrogen) atoms. The molecular formula is C19H36N4. The van der Waals surface area contributed by atoms with Gasteiger partial charge in [0.05, 0.1) is 6.33 Å². The van der Waals surface area contributed by atoms with Gasteiger partial charge >= 0.3 is 0 Å². The Hall–Kier alpha value is -1.81. The fourth-order valence-corrected chi connectivity index (χ4v) is 3.18. The standard InChI is InChI=1S/C19H30N4.3H2/c1-14(2)8-15(3)22-16(4)9-19-11-21-13-23(19)12-17-6-5-7-18(20)10-17;;;/h5-7,10-11,13-16,22H,8-9,12,20H2,1-4H3;3*1H/t15?,16-;;;/m1.../s1. The van der Waals surface area contributed by atoms with Crippen LogP contribution in [0.2, 0.25) is 0 Å². The number of benzene rings is 1. The predicted octanol–water partition coefficient (Wildman–Crippen LogP) is 4.21. The second-order valence-corrected chi connectivity index (χ2v) is 7.06. The molecule has 0 radical (unpaired) electrons. The summed E-state index contributed by atoms with van der Waals surface area (Å²) in [6, 6.07) is 9.01. The molecule has 1 aromatic carbocycles. The van der Waals surface area contributed by atoms with Gasteiger partial charge in [-0.1, -0.05) is 26.0 Å². The highest BCUT2D eigenvalue weighted by molar-refractivity contribution is 5.40. The predicted molar refractivity (Wildman–Crippen MR) is 104 cm³/mol. The van der Waals surface area contributed by atoms with Crippen LogP contribution in [0.5, 0.6) is 0 Å². The Kier molecular flexibility index (Phi) is 6.22. The van der Waals surface area contributed by atoms with Gasteiger partial charge in [-0.05, 0) is 43.9 Å². The van der Waals surface area contributed by atoms with Crippen LogP contribution in [0.25, 0.3) is 0 Å². The monoisotopic (exact) mass is 320 g/mol. The SMILES string of the molecule is CC(C)CC(C)N[C@H](C)Cc1cncn1Cc1cccc(N)c1.[HH].[HH].[HH]. The lowest BCUT2D eigenvalue weighted by atomic mass is 10.0. The summed E-state index contributed by atoms with van der Waals surface area (Å²) in [5.74, 6) is 0.721. The number of nitrogens with one attached hydrogen (secondary N) is 1. The topological polar surface area (TPSA) is 55.9 Å². The Balaban J connectivity index is 0. The fraction of sp³-hybridized carbons (Fsp3) is 0.526. The van der Waals surface area contributed by atoms with E-state index in [9.17, 15) is 0 Å². The van der Waals surface area contributed by atoms with Crippen LogP contribution in [-0.4, -0.2) is 21.6 Å². The number of nitrogen functional groups attached to an aromatic ring is 1. The van der Waals surface area contributed by atoms with Crippen LogP contribution >= 0.6 is 0 Å². The number of hydrogen-bond acceptors (Lipinski definition) is 3. The average molecular weight is 321 g/mol. The third-order valence-electron chi connectivity index (χ3n) is 4.01. The van der Waals surface area contributed by atoms with Crippen molar-refractivity contribution >= 4 is 5.69 Å². The highest BCUT2D eigenvalue weighted by Crippen LogP contribution is 2.12. The molecule has 0 saturated heterocycles. The van der Waals surface area contributed by atoms with Gasteiger partial charge in [-0.3, -0.25) is 0 Å². The van der Waals surface area contributed by atoms with Crippen molar-refractivity contribution in [1.29, 1.82) is 0 Å². The van der Waals surface area contributed by atoms with Gasteiger partial charge in [0.25, 0.3) is 0 Å². The van der Waals surface area contributed by atoms with Crippen molar-refractivity contribution in [3.63, 3.8) is 0 Å². The third kappa shape index (κ3) is 5.71. The maximum atomic E-state index is 5.87. The smallest absolute Gasteiger partial charge is 0.0951 e. The molecule has 0 spiro atoms. The normalized spacial score (nSPS) is 14.1. The van der Waals surface area contributed by atoms with Crippen molar-refractivity contribution in [2.45, 2.75) is 59.2 Å². The maximum Gasteiger partial charge on any atom is 0.0951 e. The zero-order valence-electron chi connectivity index (χ0n) is 14.8. The van der Waals surface area contributed by atoms with E-state index in [1.165, 1.54) is 17.7 Å². The molecule has 1 heterocycles. The molecule has 4 heteroatoms. The molecule has 132 valence electrons. The van der Waals surface area contributed by atoms with E-state index in [4.69, 9.17) is 5.73 Å². The van der Waals surface area contributed by atoms with E-state index in [0.29, 0.717) is 12.1 Å². The van der Waals surface area contributed by atoms with E-state index < -0.39 is 0 Å². The molecule has 0 aliphatic carbocycles. The van der Waals surface area contributed by atoms with Crippen LogP contribution in [0.4, 0.5) is 5.69 Å². The number of nitrogens with two attached hydrogens (primary N) is 1. The van der Waals surface area contributed by atoms with E-state index >= 15 is 0 Å². The lowest BCUT2D eigenvalue weighted by molar-refractivity contribution is 0.397. The summed E-state index contributed by atoms with van der Waals surface area (Å²) >= 11 is 0. The van der Waals surface area contributed by atoms with Gasteiger partial charge in [0.15, 0.2) is 0 Å². The second kappa shape index (κ2) is 8.16. The quantitative estimate of drug-likeness (QED) is 0.716. The van der Waals surface area contributed by atoms with Crippen LogP contribution in [-0.2, 0) is 13.0 Å². The first kappa shape index (κ1) is 17.5. The molecule has 2 atom stereocenters. The molecule has 4 nitrogen and oxygen atoms in total. The minimum atomic E-state index is 0. The van der Waals surface area contributed by atoms with Crippen LogP contribution in [0, 0.1) is 5.92 Å². The highest BCUT2D eigenvalue weighted by Gasteiger charge is 2.12. The van der Waals surface area contributed by atoms with Crippen LogP contribution in [0.1, 0.15) is 49.7 Å². The summed E-state index contributed by atoms with van der Waals surface area (Å²) in [7, 11) is 0. The van der Waals surface area contributed by atoms with E-state index in [-0.39, 0.29) is 4.28 Å². The second-order valence-electron chi connectivity index (χ2n) is 7.06. The van der Waals surface area contributed by atoms with Crippen molar-refractivity contribution in [3.05, 3.63) is 48.0 Å². The highest BCUT2D eigenvalue weighted by atomic mass is 15.1. The molecular weight excluding hydrogens is 284 g/mol. The number of imidazole rings is 1. The van der Waals surface area contributed by atoms with Crippen molar-refractivity contribution in [3.8, 4) is 0 Å². The average Bonchev–Trinajstić information content (AvgIpc) is 2.84. The molecule has 1 aromatic heterocycles. The number of aromatic nitrogens is 2. The van der Waals surface area contributed by atoms with Gasteiger partial charge in [0.1, 0.15) is 0 Å². The Morgan fingerprint density at radius 2 is 2.00 bits per heavy atom. The minimum absolute atomic E-state index is 0. The van der Waals surface area contributed by atoms with Gasteiger partial charge in [-0.25, -0.2) is 4.98 Å². The van der Waals surface area contributed by atoms with Crippen LogP contribution in [0.15, 0.2) is 36.8 Å². The van der Waals surface area contributed by atoms with Crippen molar-refractivity contribution in [1.82, 2.24) is 14.9 Å². The molecule has 0 bridgehead atoms. The summed E-state index contributed by atoms with van der Waals surface area (Å²) in [5.41, 5.74) is 9.13. The van der Waals surface area contributed by atoms with E-state index in [2.05, 4.69) is 48.6 Å². The van der Waals surface area contributed by atoms with Gasteiger partial charge < -0.3 is 15.6 Å². The molecule has 0 aliphatic heterocycles. The first-order valence-corrected chi connectivity index (χ1v) is 8.53. The summed E-state index contributed by atoms with van der Waals surface area (Å²) in [6.45, 7) is 9.86. The Labute approximate surface area is 144 Å². The summed E-state index contributed by atoms with van der Waals surface area (Å²) in [5, 5.41) is 3.69. The first-order chi connectivity index (χ1) is 10.9. The number of nitrogens with zero attached hydrogens (tertiary/aromatic N) is 2. The molecule has 3 N–H and O–H groups in total. The third-order valence-corrected chi connectivity index (χ3v) is 4.01.